The van der Waals surface area contributed by atoms with Crippen molar-refractivity contribution >= 4 is 17.1 Å². The maximum Gasteiger partial charge on any atom is 0.416 e. The molecule has 2 aromatic rings. The van der Waals surface area contributed by atoms with Gasteiger partial charge in [0.2, 0.25) is 0 Å². The molecule has 0 saturated carbocycles. The van der Waals surface area contributed by atoms with Crippen molar-refractivity contribution in [2.45, 2.75) is 60.1 Å². The van der Waals surface area contributed by atoms with Crippen molar-refractivity contribution in [3.8, 4) is 5.75 Å². The van der Waals surface area contributed by atoms with Gasteiger partial charge in [-0.3, -0.25) is 10.1 Å². The van der Waals surface area contributed by atoms with Crippen LogP contribution in [0, 0.1) is 15.5 Å². The summed E-state index contributed by atoms with van der Waals surface area (Å²) >= 11 is 0. The van der Waals surface area contributed by atoms with E-state index in [-0.39, 0.29) is 35.4 Å². The molecule has 0 fully saturated rings. The van der Waals surface area contributed by atoms with Crippen molar-refractivity contribution in [3.63, 3.8) is 0 Å². The minimum atomic E-state index is -4.72. The average Bonchev–Trinajstić information content (AvgIpc) is 2.57. The first kappa shape index (κ1) is 26.1. The van der Waals surface area contributed by atoms with E-state index < -0.39 is 22.4 Å². The monoisotopic (exact) mass is 439 g/mol. The highest BCUT2D eigenvalue weighted by atomic mass is 19.4. The van der Waals surface area contributed by atoms with Crippen LogP contribution < -0.4 is 0 Å². The number of nitro groups is 1. The predicted octanol–water partition coefficient (Wildman–Crippen LogP) is 8.08. The fourth-order valence-electron chi connectivity index (χ4n) is 3.49. The molecule has 0 radical (unpaired) electrons. The maximum absolute atomic E-state index is 12.8. The number of hydrogen-bond donors (Lipinski definition) is 1. The summed E-state index contributed by atoms with van der Waals surface area (Å²) in [4.78, 5) is 10.2. The van der Waals surface area contributed by atoms with Crippen LogP contribution in [0.25, 0.3) is 0 Å². The van der Waals surface area contributed by atoms with Crippen LogP contribution in [0.15, 0.2) is 46.6 Å². The van der Waals surface area contributed by atoms with Crippen LogP contribution in [-0.2, 0) is 11.6 Å². The SMILES string of the molecule is C.CC(C)(C)CC(C)(C)c1ccc(O)c(N=Nc2ccc(C(F)(F)F)cc2[N+](=O)[O-])c1. The summed E-state index contributed by atoms with van der Waals surface area (Å²) in [6.45, 7) is 10.4. The molecule has 2 rings (SSSR count). The Hall–Kier alpha value is -2.97. The summed E-state index contributed by atoms with van der Waals surface area (Å²) in [5.41, 5.74) is -1.57. The van der Waals surface area contributed by atoms with Gasteiger partial charge in [0.05, 0.1) is 10.5 Å². The number of phenols is 1. The molecule has 0 atom stereocenters. The number of nitrogens with zero attached hydrogens (tertiary/aromatic N) is 3. The quantitative estimate of drug-likeness (QED) is 0.290. The zero-order valence-corrected chi connectivity index (χ0v) is 17.4. The summed E-state index contributed by atoms with van der Waals surface area (Å²) in [5.74, 6) is -0.191. The van der Waals surface area contributed by atoms with Gasteiger partial charge < -0.3 is 5.11 Å². The van der Waals surface area contributed by atoms with Gasteiger partial charge in [-0.05, 0) is 47.1 Å². The van der Waals surface area contributed by atoms with Crippen LogP contribution in [0.4, 0.5) is 30.2 Å². The zero-order valence-electron chi connectivity index (χ0n) is 17.4. The van der Waals surface area contributed by atoms with E-state index in [1.54, 1.807) is 12.1 Å². The molecular weight excluding hydrogens is 411 g/mol. The second-order valence-electron chi connectivity index (χ2n) is 8.98. The Morgan fingerprint density at radius 2 is 1.48 bits per heavy atom. The van der Waals surface area contributed by atoms with Gasteiger partial charge in [0.25, 0.3) is 5.69 Å². The maximum atomic E-state index is 12.8. The predicted molar refractivity (Wildman–Crippen MR) is 114 cm³/mol. The van der Waals surface area contributed by atoms with Gasteiger partial charge in [-0.2, -0.15) is 13.2 Å². The lowest BCUT2D eigenvalue weighted by Gasteiger charge is -2.33. The van der Waals surface area contributed by atoms with Crippen molar-refractivity contribution in [1.82, 2.24) is 0 Å². The van der Waals surface area contributed by atoms with E-state index >= 15 is 0 Å². The normalized spacial score (nSPS) is 12.6. The highest BCUT2D eigenvalue weighted by Crippen LogP contribution is 2.41. The standard InChI is InChI=1S/C21H24F3N3O3.CH4/c1-19(2,3)12-20(4,5)13-7-9-18(28)16(10-13)26-25-15-8-6-14(21(22,23)24)11-17(15)27(29)30;/h6-11,28H,12H2,1-5H3;1H4. The molecule has 0 aliphatic carbocycles. The van der Waals surface area contributed by atoms with Crippen molar-refractivity contribution in [1.29, 1.82) is 0 Å². The van der Waals surface area contributed by atoms with Gasteiger partial charge in [-0.25, -0.2) is 0 Å². The largest absolute Gasteiger partial charge is 0.506 e. The smallest absolute Gasteiger partial charge is 0.416 e. The number of nitro benzene ring substituents is 1. The van der Waals surface area contributed by atoms with Crippen molar-refractivity contribution in [2.75, 3.05) is 0 Å². The number of alkyl halides is 3. The Balaban J connectivity index is 0.00000480. The van der Waals surface area contributed by atoms with E-state index in [4.69, 9.17) is 0 Å². The van der Waals surface area contributed by atoms with Crippen LogP contribution >= 0.6 is 0 Å². The summed E-state index contributed by atoms with van der Waals surface area (Å²) < 4.78 is 38.5. The third-order valence-corrected chi connectivity index (χ3v) is 4.49. The van der Waals surface area contributed by atoms with Gasteiger partial charge in [0.15, 0.2) is 5.69 Å². The average molecular weight is 439 g/mol. The lowest BCUT2D eigenvalue weighted by atomic mass is 9.72. The third-order valence-electron chi connectivity index (χ3n) is 4.49. The fourth-order valence-corrected chi connectivity index (χ4v) is 3.49. The molecule has 31 heavy (non-hydrogen) atoms. The van der Waals surface area contributed by atoms with E-state index in [0.29, 0.717) is 12.1 Å². The van der Waals surface area contributed by atoms with Gasteiger partial charge in [0.1, 0.15) is 11.4 Å². The van der Waals surface area contributed by atoms with Crippen molar-refractivity contribution < 1.29 is 23.2 Å². The number of hydrogen-bond acceptors (Lipinski definition) is 5. The highest BCUT2D eigenvalue weighted by molar-refractivity contribution is 5.60. The number of rotatable bonds is 5. The molecular formula is C22H28F3N3O3. The number of halogens is 3. The molecule has 6 nitrogen and oxygen atoms in total. The van der Waals surface area contributed by atoms with Crippen molar-refractivity contribution in [2.24, 2.45) is 15.6 Å². The van der Waals surface area contributed by atoms with Crippen LogP contribution in [-0.4, -0.2) is 10.0 Å². The first-order valence-corrected chi connectivity index (χ1v) is 9.21. The van der Waals surface area contributed by atoms with E-state index in [1.807, 2.05) is 13.8 Å². The Kier molecular flexibility index (Phi) is 7.59. The Morgan fingerprint density at radius 3 is 2.00 bits per heavy atom. The number of phenolic OH excluding ortho intramolecular Hbond substituents is 1. The van der Waals surface area contributed by atoms with E-state index in [9.17, 15) is 28.4 Å². The number of aromatic hydroxyl groups is 1. The molecule has 0 aliphatic heterocycles. The molecule has 0 amide bonds. The highest BCUT2D eigenvalue weighted by Gasteiger charge is 2.33. The molecule has 0 bridgehead atoms. The number of benzene rings is 2. The van der Waals surface area contributed by atoms with Gasteiger partial charge in [-0.15, -0.1) is 10.2 Å². The molecule has 1 N–H and O–H groups in total. The van der Waals surface area contributed by atoms with Crippen LogP contribution in [0.5, 0.6) is 5.75 Å². The van der Waals surface area contributed by atoms with Gasteiger partial charge in [0, 0.05) is 6.07 Å². The molecule has 0 saturated heterocycles. The summed E-state index contributed by atoms with van der Waals surface area (Å²) in [7, 11) is 0. The van der Waals surface area contributed by atoms with Crippen LogP contribution in [0.1, 0.15) is 59.6 Å². The fraction of sp³-hybridized carbons (Fsp3) is 0.455. The minimum absolute atomic E-state index is 0. The molecule has 170 valence electrons. The Morgan fingerprint density at radius 1 is 0.935 bits per heavy atom. The van der Waals surface area contributed by atoms with Crippen molar-refractivity contribution in [3.05, 3.63) is 57.6 Å². The second kappa shape index (κ2) is 9.03. The van der Waals surface area contributed by atoms with Crippen LogP contribution in [0.3, 0.4) is 0 Å². The third kappa shape index (κ3) is 6.77. The Bertz CT molecular complexity index is 978. The topological polar surface area (TPSA) is 88.1 Å². The van der Waals surface area contributed by atoms with Gasteiger partial charge >= 0.3 is 6.18 Å². The Labute approximate surface area is 180 Å². The lowest BCUT2D eigenvalue weighted by Crippen LogP contribution is -2.24. The lowest BCUT2D eigenvalue weighted by molar-refractivity contribution is -0.384. The summed E-state index contributed by atoms with van der Waals surface area (Å²) in [6.07, 6.45) is -3.88. The van der Waals surface area contributed by atoms with E-state index in [2.05, 4.69) is 31.0 Å². The zero-order chi connectivity index (χ0) is 22.9. The molecule has 9 heteroatoms. The minimum Gasteiger partial charge on any atom is -0.506 e. The summed E-state index contributed by atoms with van der Waals surface area (Å²) in [6, 6.07) is 6.84. The molecule has 0 spiro atoms. The molecule has 0 heterocycles. The van der Waals surface area contributed by atoms with E-state index in [0.717, 1.165) is 18.1 Å². The van der Waals surface area contributed by atoms with Crippen LogP contribution in [0.2, 0.25) is 0 Å². The molecule has 2 aromatic carbocycles. The first-order chi connectivity index (χ1) is 13.6. The van der Waals surface area contributed by atoms with Gasteiger partial charge in [-0.1, -0.05) is 48.1 Å². The summed E-state index contributed by atoms with van der Waals surface area (Å²) in [5, 5.41) is 28.9. The van der Waals surface area contributed by atoms with E-state index in [1.165, 1.54) is 6.07 Å². The molecule has 0 unspecified atom stereocenters. The number of azo groups is 1. The molecule has 0 aromatic heterocycles. The second-order valence-corrected chi connectivity index (χ2v) is 8.98. The molecule has 0 aliphatic rings. The first-order valence-electron chi connectivity index (χ1n) is 9.21.